The van der Waals surface area contributed by atoms with E-state index in [0.717, 1.165) is 12.8 Å². The number of hydrogen-bond donors (Lipinski definition) is 2. The molecule has 0 spiro atoms. The average Bonchev–Trinajstić information content (AvgIpc) is 3.55. The zero-order valence-electron chi connectivity index (χ0n) is 22.4. The maximum absolute atomic E-state index is 15.0. The average molecular weight is 510 g/mol. The smallest absolute Gasteiger partial charge is 0.255 e. The Morgan fingerprint density at radius 3 is 2.16 bits per heavy atom. The van der Waals surface area contributed by atoms with Crippen LogP contribution in [0, 0.1) is 5.82 Å². The normalized spacial score (nSPS) is 21.3. The minimum atomic E-state index is -1.04. The number of aromatic nitrogens is 2. The molecular formula is C28H36FN5O3. The maximum atomic E-state index is 15.0. The highest BCUT2D eigenvalue weighted by Gasteiger charge is 2.51. The second-order valence-electron chi connectivity index (χ2n) is 11.5. The molecule has 1 saturated carbocycles. The van der Waals surface area contributed by atoms with Crippen molar-refractivity contribution in [2.75, 3.05) is 0 Å². The van der Waals surface area contributed by atoms with Crippen molar-refractivity contribution in [3.8, 4) is 0 Å². The summed E-state index contributed by atoms with van der Waals surface area (Å²) < 4.78 is 15.0. The van der Waals surface area contributed by atoms with Gasteiger partial charge in [-0.1, -0.05) is 26.8 Å². The van der Waals surface area contributed by atoms with Crippen LogP contribution in [-0.2, 0) is 10.2 Å². The lowest BCUT2D eigenvalue weighted by Crippen LogP contribution is -2.49. The molecule has 0 radical (unpaired) electrons. The van der Waals surface area contributed by atoms with Crippen LogP contribution in [0.2, 0.25) is 0 Å². The van der Waals surface area contributed by atoms with Gasteiger partial charge >= 0.3 is 0 Å². The third-order valence-electron chi connectivity index (χ3n) is 7.37. The molecule has 9 heteroatoms. The highest BCUT2D eigenvalue weighted by molar-refractivity contribution is 6.00. The van der Waals surface area contributed by atoms with E-state index in [1.54, 1.807) is 24.0 Å². The summed E-state index contributed by atoms with van der Waals surface area (Å²) in [4.78, 5) is 49.1. The quantitative estimate of drug-likeness (QED) is 0.611. The lowest BCUT2D eigenvalue weighted by Gasteiger charge is -2.27. The van der Waals surface area contributed by atoms with Gasteiger partial charge in [-0.2, -0.15) is 0 Å². The summed E-state index contributed by atoms with van der Waals surface area (Å²) in [5.41, 5.74) is -0.434. The van der Waals surface area contributed by atoms with Crippen molar-refractivity contribution in [2.45, 2.75) is 96.3 Å². The first-order chi connectivity index (χ1) is 17.3. The summed E-state index contributed by atoms with van der Waals surface area (Å²) >= 11 is 0. The van der Waals surface area contributed by atoms with Gasteiger partial charge in [-0.25, -0.2) is 14.4 Å². The van der Waals surface area contributed by atoms with Gasteiger partial charge in [0.2, 0.25) is 5.91 Å². The molecule has 198 valence electrons. The zero-order valence-corrected chi connectivity index (χ0v) is 22.4. The second kappa shape index (κ2) is 9.84. The first-order valence-corrected chi connectivity index (χ1v) is 12.9. The number of nitrogens with zero attached hydrogens (tertiary/aromatic N) is 3. The van der Waals surface area contributed by atoms with Gasteiger partial charge in [0, 0.05) is 41.0 Å². The van der Waals surface area contributed by atoms with Crippen LogP contribution in [0.15, 0.2) is 30.6 Å². The van der Waals surface area contributed by atoms with Crippen molar-refractivity contribution < 1.29 is 18.8 Å². The van der Waals surface area contributed by atoms with Crippen LogP contribution < -0.4 is 10.6 Å². The molecular weight excluding hydrogens is 473 g/mol. The maximum Gasteiger partial charge on any atom is 0.255 e. The molecule has 1 saturated heterocycles. The fraction of sp³-hybridized carbons (Fsp3) is 0.536. The highest BCUT2D eigenvalue weighted by atomic mass is 19.1. The van der Waals surface area contributed by atoms with E-state index in [0.29, 0.717) is 24.2 Å². The topological polar surface area (TPSA) is 104 Å². The lowest BCUT2D eigenvalue weighted by molar-refractivity contribution is -0.124. The monoisotopic (exact) mass is 509 g/mol. The Bertz CT molecular complexity index is 1190. The standard InChI is InChI=1S/C28H36FN5O3/c1-16-7-8-17(2)34(16)24(36)19-9-10-21(22(29)13-19)18(3)32-26(37)28(11-12-28)33-23(35)20-14-30-25(31-15-20)27(4,5)6/h9-10,13-18H,7-8,11-12H2,1-6H3,(H,32,37)(H,33,35)/t16-,17+,18-/m1/s1. The molecule has 2 aliphatic rings. The van der Waals surface area contributed by atoms with Crippen molar-refractivity contribution in [1.82, 2.24) is 25.5 Å². The van der Waals surface area contributed by atoms with E-state index < -0.39 is 23.3 Å². The van der Waals surface area contributed by atoms with E-state index in [4.69, 9.17) is 0 Å². The van der Waals surface area contributed by atoms with E-state index >= 15 is 4.39 Å². The Morgan fingerprint density at radius 2 is 1.65 bits per heavy atom. The molecule has 3 amide bonds. The third-order valence-corrected chi connectivity index (χ3v) is 7.37. The van der Waals surface area contributed by atoms with E-state index in [1.165, 1.54) is 18.5 Å². The van der Waals surface area contributed by atoms with Gasteiger partial charge < -0.3 is 15.5 Å². The van der Waals surface area contributed by atoms with Gasteiger partial charge in [0.15, 0.2) is 0 Å². The SMILES string of the molecule is C[C@@H]1CC[C@H](C)N1C(=O)c1ccc([C@@H](C)NC(=O)C2(NC(=O)c3cnc(C(C)(C)C)nc3)CC2)c(F)c1. The molecule has 1 aliphatic heterocycles. The minimum Gasteiger partial charge on any atom is -0.347 e. The van der Waals surface area contributed by atoms with E-state index in [-0.39, 0.29) is 40.4 Å². The molecule has 1 aliphatic carbocycles. The van der Waals surface area contributed by atoms with Crippen molar-refractivity contribution >= 4 is 17.7 Å². The van der Waals surface area contributed by atoms with Gasteiger partial charge in [-0.3, -0.25) is 14.4 Å². The van der Waals surface area contributed by atoms with E-state index in [2.05, 4.69) is 20.6 Å². The molecule has 3 atom stereocenters. The Labute approximate surface area is 217 Å². The number of rotatable bonds is 6. The molecule has 8 nitrogen and oxygen atoms in total. The van der Waals surface area contributed by atoms with Crippen LogP contribution in [0.4, 0.5) is 4.39 Å². The molecule has 37 heavy (non-hydrogen) atoms. The Hall–Kier alpha value is -3.36. The number of hydrogen-bond acceptors (Lipinski definition) is 5. The number of halogens is 1. The Kier molecular flexibility index (Phi) is 7.10. The van der Waals surface area contributed by atoms with Crippen LogP contribution in [0.3, 0.4) is 0 Å². The molecule has 4 rings (SSSR count). The molecule has 1 aromatic carbocycles. The summed E-state index contributed by atoms with van der Waals surface area (Å²) in [5.74, 6) is -0.919. The van der Waals surface area contributed by atoms with Crippen LogP contribution in [0.1, 0.15) is 105 Å². The number of carbonyl (C=O) groups excluding carboxylic acids is 3. The number of nitrogens with one attached hydrogen (secondary N) is 2. The molecule has 2 fully saturated rings. The Balaban J connectivity index is 1.40. The molecule has 2 N–H and O–H groups in total. The number of likely N-dealkylation sites (tertiary alicyclic amines) is 1. The molecule has 0 unspecified atom stereocenters. The number of carbonyl (C=O) groups is 3. The minimum absolute atomic E-state index is 0.122. The van der Waals surface area contributed by atoms with Crippen LogP contribution in [0.25, 0.3) is 0 Å². The van der Waals surface area contributed by atoms with Crippen molar-refractivity contribution in [3.05, 3.63) is 58.9 Å². The molecule has 2 aromatic rings. The van der Waals surface area contributed by atoms with Crippen LogP contribution >= 0.6 is 0 Å². The van der Waals surface area contributed by atoms with Gasteiger partial charge in [0.05, 0.1) is 11.6 Å². The summed E-state index contributed by atoms with van der Waals surface area (Å²) in [6.07, 6.45) is 5.76. The van der Waals surface area contributed by atoms with Crippen molar-refractivity contribution in [2.24, 2.45) is 0 Å². The van der Waals surface area contributed by atoms with Gasteiger partial charge in [-0.15, -0.1) is 0 Å². The van der Waals surface area contributed by atoms with E-state index in [1.807, 2.05) is 34.6 Å². The zero-order chi connectivity index (χ0) is 27.1. The molecule has 2 heterocycles. The summed E-state index contributed by atoms with van der Waals surface area (Å²) in [7, 11) is 0. The summed E-state index contributed by atoms with van der Waals surface area (Å²) in [6, 6.07) is 3.99. The van der Waals surface area contributed by atoms with Crippen LogP contribution in [-0.4, -0.2) is 50.2 Å². The first kappa shape index (κ1) is 26.7. The second-order valence-corrected chi connectivity index (χ2v) is 11.5. The number of benzene rings is 1. The van der Waals surface area contributed by atoms with Gasteiger partial charge in [0.25, 0.3) is 11.8 Å². The Morgan fingerprint density at radius 1 is 1.05 bits per heavy atom. The van der Waals surface area contributed by atoms with Gasteiger partial charge in [0.1, 0.15) is 17.2 Å². The highest BCUT2D eigenvalue weighted by Crippen LogP contribution is 2.37. The van der Waals surface area contributed by atoms with E-state index in [9.17, 15) is 14.4 Å². The van der Waals surface area contributed by atoms with Crippen molar-refractivity contribution in [1.29, 1.82) is 0 Å². The fourth-order valence-electron chi connectivity index (χ4n) is 4.82. The fourth-order valence-corrected chi connectivity index (χ4v) is 4.82. The van der Waals surface area contributed by atoms with Gasteiger partial charge in [-0.05, 0) is 58.6 Å². The number of amides is 3. The van der Waals surface area contributed by atoms with Crippen LogP contribution in [0.5, 0.6) is 0 Å². The third kappa shape index (κ3) is 5.50. The predicted octanol–water partition coefficient (Wildman–Crippen LogP) is 4.07. The first-order valence-electron chi connectivity index (χ1n) is 12.9. The molecule has 0 bridgehead atoms. The summed E-state index contributed by atoms with van der Waals surface area (Å²) in [5, 5.41) is 5.62. The van der Waals surface area contributed by atoms with Crippen molar-refractivity contribution in [3.63, 3.8) is 0 Å². The molecule has 1 aromatic heterocycles. The summed E-state index contributed by atoms with van der Waals surface area (Å²) in [6.45, 7) is 11.6. The largest absolute Gasteiger partial charge is 0.347 e. The lowest BCUT2D eigenvalue weighted by atomic mass is 9.96. The predicted molar refractivity (Wildman–Crippen MR) is 137 cm³/mol.